The quantitative estimate of drug-likeness (QED) is 0.475. The number of anilines is 2. The predicted octanol–water partition coefficient (Wildman–Crippen LogP) is 2.60. The van der Waals surface area contributed by atoms with Gasteiger partial charge in [0.15, 0.2) is 11.6 Å². The van der Waals surface area contributed by atoms with E-state index in [0.717, 1.165) is 11.3 Å². The molecule has 8 nitrogen and oxygen atoms in total. The molecule has 0 spiro atoms. The van der Waals surface area contributed by atoms with Crippen molar-refractivity contribution < 1.29 is 18.3 Å². The third-order valence-corrected chi connectivity index (χ3v) is 6.16. The fourth-order valence-electron chi connectivity index (χ4n) is 4.60. The van der Waals surface area contributed by atoms with Crippen molar-refractivity contribution in [3.63, 3.8) is 0 Å². The summed E-state index contributed by atoms with van der Waals surface area (Å²) in [6, 6.07) is 1.43. The number of aromatic nitrogens is 3. The lowest BCUT2D eigenvalue weighted by Crippen LogP contribution is -2.46. The first-order valence-corrected chi connectivity index (χ1v) is 10.7. The molecule has 0 bridgehead atoms. The lowest BCUT2D eigenvalue weighted by molar-refractivity contribution is 0.0466. The summed E-state index contributed by atoms with van der Waals surface area (Å²) in [4.78, 5) is 15.2. The molecule has 1 aromatic carbocycles. The molecule has 2 aliphatic rings. The SMILES string of the molecule is CNc1cc(F)c(F)c2c1Cc1ncc(-c3cnc(OC)nc3)c(N3CCOC(CN)C3)c1-2. The first-order valence-electron chi connectivity index (χ1n) is 10.7. The molecule has 3 heterocycles. The smallest absolute Gasteiger partial charge is 0.316 e. The summed E-state index contributed by atoms with van der Waals surface area (Å²) in [5.74, 6) is -1.78. The van der Waals surface area contributed by atoms with Gasteiger partial charge in [0.2, 0.25) is 0 Å². The normalized spacial score (nSPS) is 17.0. The zero-order chi connectivity index (χ0) is 23.1. The molecule has 33 heavy (non-hydrogen) atoms. The van der Waals surface area contributed by atoms with Crippen LogP contribution < -0.4 is 20.7 Å². The third-order valence-electron chi connectivity index (χ3n) is 6.16. The molecule has 1 saturated heterocycles. The van der Waals surface area contributed by atoms with E-state index >= 15 is 4.39 Å². The van der Waals surface area contributed by atoms with Crippen LogP contribution in [-0.4, -0.2) is 61.5 Å². The molecule has 3 N–H and O–H groups in total. The van der Waals surface area contributed by atoms with Crippen LogP contribution in [0.5, 0.6) is 6.01 Å². The Kier molecular flexibility index (Phi) is 5.55. The molecule has 3 aromatic rings. The average Bonchev–Trinajstić information content (AvgIpc) is 3.25. The van der Waals surface area contributed by atoms with Gasteiger partial charge in [-0.05, 0) is 5.56 Å². The molecule has 172 valence electrons. The van der Waals surface area contributed by atoms with Crippen LogP contribution in [0.2, 0.25) is 0 Å². The van der Waals surface area contributed by atoms with Crippen molar-refractivity contribution in [3.05, 3.63) is 47.5 Å². The van der Waals surface area contributed by atoms with Crippen molar-refractivity contribution in [2.75, 3.05) is 50.6 Å². The maximum Gasteiger partial charge on any atom is 0.316 e. The number of pyridine rings is 1. The van der Waals surface area contributed by atoms with Gasteiger partial charge in [-0.1, -0.05) is 0 Å². The standard InChI is InChI=1S/C23H24F2N6O2/c1-27-17-6-16(24)21(25)19-14(17)5-18-20(19)22(31-3-4-33-13(7-26)11-31)15(10-28-18)12-8-29-23(32-2)30-9-12/h6,8-10,13,27H,3-5,7,11,26H2,1-2H3. The molecular weight excluding hydrogens is 430 g/mol. The van der Waals surface area contributed by atoms with E-state index in [-0.39, 0.29) is 17.7 Å². The number of rotatable bonds is 5. The third kappa shape index (κ3) is 3.55. The minimum Gasteiger partial charge on any atom is -0.467 e. The van der Waals surface area contributed by atoms with Crippen LogP contribution in [-0.2, 0) is 11.2 Å². The highest BCUT2D eigenvalue weighted by molar-refractivity contribution is 5.96. The number of benzene rings is 1. The first kappa shape index (κ1) is 21.5. The lowest BCUT2D eigenvalue weighted by atomic mass is 9.97. The number of fused-ring (bicyclic) bond motifs is 3. The predicted molar refractivity (Wildman–Crippen MR) is 121 cm³/mol. The van der Waals surface area contributed by atoms with Crippen LogP contribution in [0.25, 0.3) is 22.3 Å². The Labute approximate surface area is 189 Å². The topological polar surface area (TPSA) is 98.4 Å². The zero-order valence-electron chi connectivity index (χ0n) is 18.4. The first-order chi connectivity index (χ1) is 16.0. The maximum absolute atomic E-state index is 15.3. The van der Waals surface area contributed by atoms with E-state index in [4.69, 9.17) is 15.2 Å². The minimum atomic E-state index is -0.906. The van der Waals surface area contributed by atoms with Gasteiger partial charge in [0.25, 0.3) is 0 Å². The van der Waals surface area contributed by atoms with Crippen molar-refractivity contribution >= 4 is 11.4 Å². The Balaban J connectivity index is 1.77. The van der Waals surface area contributed by atoms with Crippen LogP contribution >= 0.6 is 0 Å². The second-order valence-electron chi connectivity index (χ2n) is 7.98. The van der Waals surface area contributed by atoms with Gasteiger partial charge >= 0.3 is 6.01 Å². The highest BCUT2D eigenvalue weighted by atomic mass is 19.2. The van der Waals surface area contributed by atoms with E-state index in [1.807, 2.05) is 0 Å². The lowest BCUT2D eigenvalue weighted by Gasteiger charge is -2.36. The van der Waals surface area contributed by atoms with Crippen LogP contribution in [0, 0.1) is 11.6 Å². The number of hydrogen-bond donors (Lipinski definition) is 2. The summed E-state index contributed by atoms with van der Waals surface area (Å²) >= 11 is 0. The fourth-order valence-corrected chi connectivity index (χ4v) is 4.60. The van der Waals surface area contributed by atoms with Gasteiger partial charge in [-0.15, -0.1) is 0 Å². The van der Waals surface area contributed by atoms with E-state index in [1.54, 1.807) is 25.6 Å². The summed E-state index contributed by atoms with van der Waals surface area (Å²) < 4.78 is 40.7. The number of nitrogens with two attached hydrogens (primary N) is 1. The zero-order valence-corrected chi connectivity index (χ0v) is 18.4. The molecule has 1 aliphatic heterocycles. The summed E-state index contributed by atoms with van der Waals surface area (Å²) in [7, 11) is 3.18. The van der Waals surface area contributed by atoms with Crippen molar-refractivity contribution in [1.29, 1.82) is 0 Å². The highest BCUT2D eigenvalue weighted by Gasteiger charge is 2.35. The van der Waals surface area contributed by atoms with Crippen molar-refractivity contribution in [2.24, 2.45) is 5.73 Å². The van der Waals surface area contributed by atoms with Gasteiger partial charge in [0.1, 0.15) is 0 Å². The molecule has 10 heteroatoms. The Morgan fingerprint density at radius 3 is 2.70 bits per heavy atom. The van der Waals surface area contributed by atoms with Gasteiger partial charge < -0.3 is 25.4 Å². The van der Waals surface area contributed by atoms with E-state index in [2.05, 4.69) is 25.2 Å². The monoisotopic (exact) mass is 454 g/mol. The maximum atomic E-state index is 15.3. The van der Waals surface area contributed by atoms with Gasteiger partial charge in [0.05, 0.1) is 31.2 Å². The van der Waals surface area contributed by atoms with Gasteiger partial charge in [0, 0.05) is 85.7 Å². The number of hydrogen-bond acceptors (Lipinski definition) is 8. The van der Waals surface area contributed by atoms with Crippen LogP contribution in [0.4, 0.5) is 20.2 Å². The number of methoxy groups -OCH3 is 1. The van der Waals surface area contributed by atoms with Gasteiger partial charge in [-0.3, -0.25) is 4.98 Å². The molecule has 0 amide bonds. The van der Waals surface area contributed by atoms with Gasteiger partial charge in [-0.25, -0.2) is 18.7 Å². The number of halogens is 2. The van der Waals surface area contributed by atoms with Crippen molar-refractivity contribution in [3.8, 4) is 28.3 Å². The summed E-state index contributed by atoms with van der Waals surface area (Å²) in [6.45, 7) is 1.91. The molecule has 0 radical (unpaired) electrons. The van der Waals surface area contributed by atoms with E-state index in [0.29, 0.717) is 60.7 Å². The number of ether oxygens (including phenoxy) is 2. The minimum absolute atomic E-state index is 0.173. The number of morpholine rings is 1. The molecule has 5 rings (SSSR count). The molecule has 1 atom stereocenters. The largest absolute Gasteiger partial charge is 0.467 e. The van der Waals surface area contributed by atoms with Gasteiger partial charge in [-0.2, -0.15) is 0 Å². The average molecular weight is 454 g/mol. The number of nitrogens with one attached hydrogen (secondary N) is 1. The fraction of sp³-hybridized carbons (Fsp3) is 0.348. The van der Waals surface area contributed by atoms with E-state index in [9.17, 15) is 4.39 Å². The second-order valence-corrected chi connectivity index (χ2v) is 7.98. The molecule has 1 fully saturated rings. The Morgan fingerprint density at radius 1 is 1.21 bits per heavy atom. The van der Waals surface area contributed by atoms with Crippen LogP contribution in [0.1, 0.15) is 11.3 Å². The molecule has 1 aliphatic carbocycles. The summed E-state index contributed by atoms with van der Waals surface area (Å²) in [5.41, 5.74) is 10.8. The molecule has 1 unspecified atom stereocenters. The molecule has 0 saturated carbocycles. The number of nitrogens with zero attached hydrogens (tertiary/aromatic N) is 4. The van der Waals surface area contributed by atoms with Crippen LogP contribution in [0.15, 0.2) is 24.7 Å². The van der Waals surface area contributed by atoms with E-state index < -0.39 is 11.6 Å². The Morgan fingerprint density at radius 2 is 2.00 bits per heavy atom. The molecule has 2 aromatic heterocycles. The van der Waals surface area contributed by atoms with Crippen LogP contribution in [0.3, 0.4) is 0 Å². The Hall–Kier alpha value is -3.37. The second kappa shape index (κ2) is 8.53. The Bertz CT molecular complexity index is 1200. The van der Waals surface area contributed by atoms with Crippen molar-refractivity contribution in [1.82, 2.24) is 15.0 Å². The van der Waals surface area contributed by atoms with E-state index in [1.165, 1.54) is 13.2 Å². The highest BCUT2D eigenvalue weighted by Crippen LogP contribution is 2.50. The summed E-state index contributed by atoms with van der Waals surface area (Å²) in [5, 5.41) is 2.99. The summed E-state index contributed by atoms with van der Waals surface area (Å²) in [6.07, 6.45) is 5.24. The molecular formula is C23H24F2N6O2. The van der Waals surface area contributed by atoms with Crippen molar-refractivity contribution in [2.45, 2.75) is 12.5 Å².